The Balaban J connectivity index is 1.11. The molecule has 0 N–H and O–H groups in total. The molecule has 3 aromatic heterocycles. The van der Waals surface area contributed by atoms with Gasteiger partial charge in [0.25, 0.3) is 0 Å². The zero-order valence-electron chi connectivity index (χ0n) is 34.2. The zero-order valence-corrected chi connectivity index (χ0v) is 35.2. The molecular formula is C58H38N4Si. The van der Waals surface area contributed by atoms with Crippen LogP contribution in [-0.4, -0.2) is 27.2 Å². The fourth-order valence-corrected chi connectivity index (χ4v) is 15.9. The normalized spacial score (nSPS) is 12.9. The Kier molecular flexibility index (Phi) is 7.89. The molecule has 0 bridgehead atoms. The van der Waals surface area contributed by atoms with Gasteiger partial charge in [-0.25, -0.2) is 9.97 Å². The van der Waals surface area contributed by atoms with E-state index in [0.29, 0.717) is 5.82 Å². The molecule has 294 valence electrons. The predicted octanol–water partition coefficient (Wildman–Crippen LogP) is 11.4. The lowest BCUT2D eigenvalue weighted by Crippen LogP contribution is -2.73. The number of hydrogen-bond donors (Lipinski definition) is 0. The summed E-state index contributed by atoms with van der Waals surface area (Å²) >= 11 is 0. The van der Waals surface area contributed by atoms with Crippen LogP contribution in [0.15, 0.2) is 231 Å². The molecule has 0 spiro atoms. The van der Waals surface area contributed by atoms with Gasteiger partial charge in [0, 0.05) is 54.8 Å². The highest BCUT2D eigenvalue weighted by Gasteiger charge is 2.51. The Morgan fingerprint density at radius 2 is 0.825 bits per heavy atom. The molecule has 0 aliphatic carbocycles. The van der Waals surface area contributed by atoms with Crippen LogP contribution < -0.4 is 20.7 Å². The van der Waals surface area contributed by atoms with Gasteiger partial charge in [-0.1, -0.05) is 194 Å². The van der Waals surface area contributed by atoms with E-state index in [-0.39, 0.29) is 0 Å². The summed E-state index contributed by atoms with van der Waals surface area (Å²) in [5.41, 5.74) is 12.1. The second-order valence-electron chi connectivity index (χ2n) is 16.5. The third kappa shape index (κ3) is 5.14. The average molecular weight is 819 g/mol. The van der Waals surface area contributed by atoms with Crippen LogP contribution in [0.3, 0.4) is 0 Å². The molecule has 9 aromatic carbocycles. The van der Waals surface area contributed by atoms with E-state index in [1.54, 1.807) is 0 Å². The van der Waals surface area contributed by atoms with Crippen molar-refractivity contribution >= 4 is 72.4 Å². The third-order valence-corrected chi connectivity index (χ3v) is 18.0. The van der Waals surface area contributed by atoms with Crippen molar-refractivity contribution in [2.45, 2.75) is 0 Å². The predicted molar refractivity (Wildman–Crippen MR) is 264 cm³/mol. The third-order valence-electron chi connectivity index (χ3n) is 13.2. The lowest BCUT2D eigenvalue weighted by molar-refractivity contribution is 1.14. The summed E-state index contributed by atoms with van der Waals surface area (Å²) in [6.07, 6.45) is 0. The van der Waals surface area contributed by atoms with Gasteiger partial charge in [-0.05, 0) is 52.0 Å². The van der Waals surface area contributed by atoms with Crippen LogP contribution in [0.25, 0.3) is 88.9 Å². The Morgan fingerprint density at radius 1 is 0.349 bits per heavy atom. The van der Waals surface area contributed by atoms with Gasteiger partial charge in [-0.2, -0.15) is 0 Å². The maximum Gasteiger partial charge on any atom is 0.185 e. The molecule has 0 fully saturated rings. The van der Waals surface area contributed by atoms with E-state index in [1.165, 1.54) is 64.4 Å². The highest BCUT2D eigenvalue weighted by molar-refractivity contribution is 7.22. The number of benzene rings is 9. The molecule has 13 rings (SSSR count). The minimum atomic E-state index is -2.90. The van der Waals surface area contributed by atoms with E-state index >= 15 is 0 Å². The van der Waals surface area contributed by atoms with Gasteiger partial charge in [-0.15, -0.1) is 0 Å². The molecule has 0 amide bonds. The fourth-order valence-electron chi connectivity index (χ4n) is 10.6. The van der Waals surface area contributed by atoms with Gasteiger partial charge in [0.1, 0.15) is 0 Å². The fraction of sp³-hybridized carbons (Fsp3) is 0. The maximum absolute atomic E-state index is 5.70. The molecule has 4 heterocycles. The number of fused-ring (bicyclic) bond motifs is 10. The minimum Gasteiger partial charge on any atom is -0.307 e. The second kappa shape index (κ2) is 14.0. The monoisotopic (exact) mass is 818 g/mol. The van der Waals surface area contributed by atoms with E-state index in [1.807, 2.05) is 0 Å². The van der Waals surface area contributed by atoms with E-state index in [2.05, 4.69) is 240 Å². The summed E-state index contributed by atoms with van der Waals surface area (Å²) in [7, 11) is -2.90. The first-order valence-electron chi connectivity index (χ1n) is 21.6. The molecule has 0 atom stereocenters. The number of rotatable bonds is 6. The molecule has 0 unspecified atom stereocenters. The molecule has 0 saturated heterocycles. The highest BCUT2D eigenvalue weighted by atomic mass is 28.3. The van der Waals surface area contributed by atoms with Gasteiger partial charge < -0.3 is 9.13 Å². The lowest BCUT2D eigenvalue weighted by Gasteiger charge is -2.32. The highest BCUT2D eigenvalue weighted by Crippen LogP contribution is 2.42. The van der Waals surface area contributed by atoms with Crippen molar-refractivity contribution < 1.29 is 0 Å². The summed E-state index contributed by atoms with van der Waals surface area (Å²) < 4.78 is 4.90. The zero-order chi connectivity index (χ0) is 41.5. The summed E-state index contributed by atoms with van der Waals surface area (Å²) in [6.45, 7) is 0. The quantitative estimate of drug-likeness (QED) is 0.157. The van der Waals surface area contributed by atoms with Gasteiger partial charge in [0.15, 0.2) is 13.9 Å². The van der Waals surface area contributed by atoms with Crippen LogP contribution in [0.5, 0.6) is 0 Å². The standard InChI is InChI=1S/C58H38N4Si/c1-5-20-39(21-6-1)53-57-54(49-32-15-18-35-52(49)63(57,43-26-9-3-10-27-43)44-28-11-4-12-29-44)60-58(59-53)40-22-19-25-42(38-40)62-51-34-17-14-31-46(51)48-37-36-47-45-30-13-16-33-50(45)61(55(47)56(48)62)41-23-7-2-8-24-41/h1-38H. The van der Waals surface area contributed by atoms with Crippen molar-refractivity contribution in [2.24, 2.45) is 0 Å². The van der Waals surface area contributed by atoms with Gasteiger partial charge in [-0.3, -0.25) is 0 Å². The Hall–Kier alpha value is -8.12. The SMILES string of the molecule is c1ccc(-c2nc(-c3cccc(-n4c5ccccc5c5ccc6c7ccccc7n(-c7ccccc7)c6c54)c3)nc3c2[Si](c2ccccc2)(c2ccccc2)c2ccccc2-3)cc1. The number of hydrogen-bond acceptors (Lipinski definition) is 2. The lowest BCUT2D eigenvalue weighted by atomic mass is 10.1. The van der Waals surface area contributed by atoms with Crippen molar-refractivity contribution in [3.8, 4) is 45.3 Å². The van der Waals surface area contributed by atoms with Crippen LogP contribution in [-0.2, 0) is 0 Å². The van der Waals surface area contributed by atoms with Crippen LogP contribution in [0.2, 0.25) is 0 Å². The van der Waals surface area contributed by atoms with Crippen molar-refractivity contribution in [2.75, 3.05) is 0 Å². The summed E-state index contributed by atoms with van der Waals surface area (Å²) in [4.78, 5) is 11.4. The maximum atomic E-state index is 5.70. The number of aromatic nitrogens is 4. The smallest absolute Gasteiger partial charge is 0.185 e. The molecular weight excluding hydrogens is 781 g/mol. The number of para-hydroxylation sites is 3. The molecule has 1 aliphatic rings. The molecule has 0 radical (unpaired) electrons. The first-order chi connectivity index (χ1) is 31.3. The van der Waals surface area contributed by atoms with Crippen molar-refractivity contribution in [1.82, 2.24) is 19.1 Å². The van der Waals surface area contributed by atoms with Crippen LogP contribution in [0, 0.1) is 0 Å². The van der Waals surface area contributed by atoms with Crippen LogP contribution in [0.4, 0.5) is 0 Å². The van der Waals surface area contributed by atoms with Crippen molar-refractivity contribution in [1.29, 1.82) is 0 Å². The molecule has 1 aliphatic heterocycles. The largest absolute Gasteiger partial charge is 0.307 e. The second-order valence-corrected chi connectivity index (χ2v) is 20.2. The van der Waals surface area contributed by atoms with Crippen LogP contribution >= 0.6 is 0 Å². The minimum absolute atomic E-state index is 0.708. The van der Waals surface area contributed by atoms with Crippen LogP contribution in [0.1, 0.15) is 0 Å². The molecule has 0 saturated carbocycles. The molecule has 5 heteroatoms. The Morgan fingerprint density at radius 3 is 1.46 bits per heavy atom. The first-order valence-corrected chi connectivity index (χ1v) is 23.6. The van der Waals surface area contributed by atoms with Gasteiger partial charge in [0.05, 0.1) is 33.5 Å². The Bertz CT molecular complexity index is 3690. The molecule has 12 aromatic rings. The van der Waals surface area contributed by atoms with Gasteiger partial charge in [0.2, 0.25) is 0 Å². The van der Waals surface area contributed by atoms with Crippen molar-refractivity contribution in [3.63, 3.8) is 0 Å². The number of nitrogens with zero attached hydrogens (tertiary/aromatic N) is 4. The van der Waals surface area contributed by atoms with Gasteiger partial charge >= 0.3 is 0 Å². The van der Waals surface area contributed by atoms with E-state index < -0.39 is 8.07 Å². The first kappa shape index (κ1) is 35.6. The molecule has 4 nitrogen and oxygen atoms in total. The van der Waals surface area contributed by atoms with E-state index in [0.717, 1.165) is 39.4 Å². The average Bonchev–Trinajstić information content (AvgIpc) is 3.99. The van der Waals surface area contributed by atoms with E-state index in [9.17, 15) is 0 Å². The van der Waals surface area contributed by atoms with Crippen molar-refractivity contribution in [3.05, 3.63) is 231 Å². The van der Waals surface area contributed by atoms with E-state index in [4.69, 9.17) is 9.97 Å². The Labute approximate surface area is 365 Å². The molecule has 63 heavy (non-hydrogen) atoms. The summed E-state index contributed by atoms with van der Waals surface area (Å²) in [5, 5.41) is 10.1. The summed E-state index contributed by atoms with van der Waals surface area (Å²) in [6, 6.07) is 83.7. The topological polar surface area (TPSA) is 35.6 Å². The summed E-state index contributed by atoms with van der Waals surface area (Å²) in [5.74, 6) is 0.708.